The maximum absolute atomic E-state index is 12.5. The first-order chi connectivity index (χ1) is 8.50. The number of hydrogen-bond donors (Lipinski definition) is 1. The molecular formula is C14H26N2O2. The highest BCUT2D eigenvalue weighted by atomic mass is 16.5. The molecule has 1 N–H and O–H groups in total. The molecule has 2 rings (SSSR count). The Morgan fingerprint density at radius 1 is 1.50 bits per heavy atom. The highest BCUT2D eigenvalue weighted by molar-refractivity contribution is 5.77. The van der Waals surface area contributed by atoms with Crippen LogP contribution in [0.3, 0.4) is 0 Å². The van der Waals surface area contributed by atoms with Crippen molar-refractivity contribution in [2.24, 2.45) is 5.92 Å². The van der Waals surface area contributed by atoms with Crippen LogP contribution in [0.25, 0.3) is 0 Å². The van der Waals surface area contributed by atoms with Gasteiger partial charge in [0.05, 0.1) is 18.8 Å². The molecule has 2 fully saturated rings. The van der Waals surface area contributed by atoms with Gasteiger partial charge in [0.25, 0.3) is 0 Å². The van der Waals surface area contributed by atoms with Crippen molar-refractivity contribution in [3.8, 4) is 0 Å². The van der Waals surface area contributed by atoms with Gasteiger partial charge < -0.3 is 15.0 Å². The fourth-order valence-electron chi connectivity index (χ4n) is 3.01. The Hall–Kier alpha value is -0.610. The Labute approximate surface area is 110 Å². The second kappa shape index (κ2) is 5.57. The first-order valence-electron chi connectivity index (χ1n) is 7.12. The largest absolute Gasteiger partial charge is 0.377 e. The Balaban J connectivity index is 1.94. The fourth-order valence-corrected chi connectivity index (χ4v) is 3.01. The number of nitrogens with zero attached hydrogens (tertiary/aromatic N) is 1. The second-order valence-electron chi connectivity index (χ2n) is 6.29. The molecule has 4 nitrogen and oxygen atoms in total. The van der Waals surface area contributed by atoms with E-state index in [1.165, 1.54) is 12.8 Å². The standard InChI is InChI=1S/C14H26N2O2/c1-11-5-4-6-15-12(11)9-13(17)16-7-8-18-10-14(16,2)3/h11-12,15H,4-10H2,1-3H3. The van der Waals surface area contributed by atoms with Gasteiger partial charge in [-0.05, 0) is 39.2 Å². The number of ether oxygens (including phenoxy) is 1. The van der Waals surface area contributed by atoms with Crippen LogP contribution in [0.5, 0.6) is 0 Å². The smallest absolute Gasteiger partial charge is 0.224 e. The number of amides is 1. The SMILES string of the molecule is CC1CCCNC1CC(=O)N1CCOCC1(C)C. The third kappa shape index (κ3) is 3.04. The van der Waals surface area contributed by atoms with Gasteiger partial charge in [-0.15, -0.1) is 0 Å². The zero-order chi connectivity index (χ0) is 13.2. The second-order valence-corrected chi connectivity index (χ2v) is 6.29. The molecule has 2 atom stereocenters. The van der Waals surface area contributed by atoms with E-state index in [2.05, 4.69) is 26.1 Å². The minimum atomic E-state index is -0.159. The maximum Gasteiger partial charge on any atom is 0.224 e. The van der Waals surface area contributed by atoms with Gasteiger partial charge in [0.1, 0.15) is 0 Å². The van der Waals surface area contributed by atoms with Crippen LogP contribution in [0, 0.1) is 5.92 Å². The molecule has 104 valence electrons. The number of nitrogens with one attached hydrogen (secondary N) is 1. The molecule has 0 bridgehead atoms. The molecular weight excluding hydrogens is 228 g/mol. The Morgan fingerprint density at radius 2 is 2.28 bits per heavy atom. The minimum Gasteiger partial charge on any atom is -0.377 e. The first kappa shape index (κ1) is 13.8. The summed E-state index contributed by atoms with van der Waals surface area (Å²) in [5.74, 6) is 0.876. The van der Waals surface area contributed by atoms with E-state index in [4.69, 9.17) is 4.74 Å². The molecule has 1 amide bonds. The number of carbonyl (C=O) groups excluding carboxylic acids is 1. The number of piperidine rings is 1. The lowest BCUT2D eigenvalue weighted by Crippen LogP contribution is -2.57. The summed E-state index contributed by atoms with van der Waals surface area (Å²) < 4.78 is 5.47. The molecule has 4 heteroatoms. The summed E-state index contributed by atoms with van der Waals surface area (Å²) in [7, 11) is 0. The van der Waals surface area contributed by atoms with Crippen molar-refractivity contribution in [1.29, 1.82) is 0 Å². The van der Waals surface area contributed by atoms with Crippen molar-refractivity contribution >= 4 is 5.91 Å². The summed E-state index contributed by atoms with van der Waals surface area (Å²) in [6.45, 7) is 9.51. The van der Waals surface area contributed by atoms with E-state index in [0.29, 0.717) is 31.6 Å². The molecule has 0 radical (unpaired) electrons. The minimum absolute atomic E-state index is 0.159. The van der Waals surface area contributed by atoms with Crippen LogP contribution in [-0.2, 0) is 9.53 Å². The molecule has 2 aliphatic rings. The quantitative estimate of drug-likeness (QED) is 0.810. The lowest BCUT2D eigenvalue weighted by molar-refractivity contribution is -0.147. The molecule has 2 unspecified atom stereocenters. The first-order valence-corrected chi connectivity index (χ1v) is 7.12. The van der Waals surface area contributed by atoms with Crippen molar-refractivity contribution in [2.45, 2.75) is 51.6 Å². The Bertz CT molecular complexity index is 304. The van der Waals surface area contributed by atoms with Gasteiger partial charge in [0, 0.05) is 19.0 Å². The van der Waals surface area contributed by atoms with E-state index in [1.807, 2.05) is 4.90 Å². The van der Waals surface area contributed by atoms with Crippen molar-refractivity contribution in [3.05, 3.63) is 0 Å². The monoisotopic (exact) mass is 254 g/mol. The Kier molecular flexibility index (Phi) is 4.28. The molecule has 2 heterocycles. The van der Waals surface area contributed by atoms with E-state index in [9.17, 15) is 4.79 Å². The predicted molar refractivity (Wildman–Crippen MR) is 71.4 cm³/mol. The Morgan fingerprint density at radius 3 is 2.94 bits per heavy atom. The lowest BCUT2D eigenvalue weighted by atomic mass is 9.89. The van der Waals surface area contributed by atoms with Crippen molar-refractivity contribution in [3.63, 3.8) is 0 Å². The van der Waals surface area contributed by atoms with Gasteiger partial charge in [-0.25, -0.2) is 0 Å². The number of rotatable bonds is 2. The molecule has 0 aromatic carbocycles. The molecule has 0 aromatic heterocycles. The fraction of sp³-hybridized carbons (Fsp3) is 0.929. The van der Waals surface area contributed by atoms with Crippen LogP contribution in [0.15, 0.2) is 0 Å². The van der Waals surface area contributed by atoms with Crippen LogP contribution < -0.4 is 5.32 Å². The topological polar surface area (TPSA) is 41.6 Å². The zero-order valence-corrected chi connectivity index (χ0v) is 11.9. The van der Waals surface area contributed by atoms with E-state index in [0.717, 1.165) is 13.1 Å². The molecule has 0 saturated carbocycles. The molecule has 0 aliphatic carbocycles. The summed E-state index contributed by atoms with van der Waals surface area (Å²) in [6.07, 6.45) is 3.09. The number of hydrogen-bond acceptors (Lipinski definition) is 3. The van der Waals surface area contributed by atoms with Gasteiger partial charge in [0.2, 0.25) is 5.91 Å². The van der Waals surface area contributed by atoms with E-state index >= 15 is 0 Å². The third-order valence-corrected chi connectivity index (χ3v) is 4.27. The van der Waals surface area contributed by atoms with Gasteiger partial charge in [-0.3, -0.25) is 4.79 Å². The summed E-state index contributed by atoms with van der Waals surface area (Å²) >= 11 is 0. The summed E-state index contributed by atoms with van der Waals surface area (Å²) in [5, 5.41) is 3.49. The average molecular weight is 254 g/mol. The van der Waals surface area contributed by atoms with E-state index in [1.54, 1.807) is 0 Å². The van der Waals surface area contributed by atoms with Crippen LogP contribution >= 0.6 is 0 Å². The maximum atomic E-state index is 12.5. The van der Waals surface area contributed by atoms with Gasteiger partial charge in [-0.2, -0.15) is 0 Å². The zero-order valence-electron chi connectivity index (χ0n) is 11.9. The van der Waals surface area contributed by atoms with Crippen LogP contribution in [0.2, 0.25) is 0 Å². The van der Waals surface area contributed by atoms with Crippen molar-refractivity contribution in [2.75, 3.05) is 26.3 Å². The van der Waals surface area contributed by atoms with Gasteiger partial charge in [-0.1, -0.05) is 6.92 Å². The normalized spacial score (nSPS) is 32.3. The highest BCUT2D eigenvalue weighted by Crippen LogP contribution is 2.23. The lowest BCUT2D eigenvalue weighted by Gasteiger charge is -2.43. The van der Waals surface area contributed by atoms with Gasteiger partial charge >= 0.3 is 0 Å². The number of morpholine rings is 1. The van der Waals surface area contributed by atoms with Gasteiger partial charge in [0.15, 0.2) is 0 Å². The molecule has 0 aromatic rings. The number of carbonyl (C=O) groups is 1. The molecule has 2 saturated heterocycles. The van der Waals surface area contributed by atoms with Crippen LogP contribution in [0.1, 0.15) is 40.0 Å². The van der Waals surface area contributed by atoms with Crippen molar-refractivity contribution in [1.82, 2.24) is 10.2 Å². The van der Waals surface area contributed by atoms with Crippen molar-refractivity contribution < 1.29 is 9.53 Å². The summed E-state index contributed by atoms with van der Waals surface area (Å²) in [5.41, 5.74) is -0.159. The van der Waals surface area contributed by atoms with Crippen LogP contribution in [-0.4, -0.2) is 48.7 Å². The predicted octanol–water partition coefficient (Wildman–Crippen LogP) is 1.40. The molecule has 0 spiro atoms. The van der Waals surface area contributed by atoms with E-state index < -0.39 is 0 Å². The summed E-state index contributed by atoms with van der Waals surface area (Å²) in [6, 6.07) is 0.352. The average Bonchev–Trinajstić information content (AvgIpc) is 2.31. The third-order valence-electron chi connectivity index (χ3n) is 4.27. The van der Waals surface area contributed by atoms with Crippen LogP contribution in [0.4, 0.5) is 0 Å². The summed E-state index contributed by atoms with van der Waals surface area (Å²) in [4.78, 5) is 14.5. The molecule has 18 heavy (non-hydrogen) atoms. The van der Waals surface area contributed by atoms with E-state index in [-0.39, 0.29) is 11.4 Å². The highest BCUT2D eigenvalue weighted by Gasteiger charge is 2.35. The molecule has 2 aliphatic heterocycles.